The molecule has 3 rings (SSSR count). The topological polar surface area (TPSA) is 78.4 Å². The molecule has 0 bridgehead atoms. The SMILES string of the molecule is O=C(O)c1ccc2c(c1)NC(=O)C(CSCc1cccc(Cl)c1)N2. The number of carbonyl (C=O) groups excluding carboxylic acids is 1. The van der Waals surface area contributed by atoms with Gasteiger partial charge in [0.1, 0.15) is 6.04 Å². The summed E-state index contributed by atoms with van der Waals surface area (Å²) in [6, 6.07) is 11.9. The second-order valence-electron chi connectivity index (χ2n) is 5.40. The van der Waals surface area contributed by atoms with Crippen molar-refractivity contribution in [3.05, 3.63) is 58.6 Å². The molecule has 0 radical (unpaired) electrons. The lowest BCUT2D eigenvalue weighted by molar-refractivity contribution is -0.116. The van der Waals surface area contributed by atoms with Crippen molar-refractivity contribution in [1.82, 2.24) is 0 Å². The summed E-state index contributed by atoms with van der Waals surface area (Å²) in [5.74, 6) is 0.171. The quantitative estimate of drug-likeness (QED) is 0.755. The number of hydrogen-bond donors (Lipinski definition) is 3. The van der Waals surface area contributed by atoms with Crippen LogP contribution >= 0.6 is 23.4 Å². The Hall–Kier alpha value is -2.18. The highest BCUT2D eigenvalue weighted by Gasteiger charge is 2.25. The van der Waals surface area contributed by atoms with E-state index in [9.17, 15) is 9.59 Å². The molecule has 2 aromatic carbocycles. The number of carbonyl (C=O) groups is 2. The molecule has 1 atom stereocenters. The van der Waals surface area contributed by atoms with Crippen LogP contribution < -0.4 is 10.6 Å². The van der Waals surface area contributed by atoms with Gasteiger partial charge in [-0.1, -0.05) is 23.7 Å². The van der Waals surface area contributed by atoms with Gasteiger partial charge in [-0.15, -0.1) is 0 Å². The molecule has 5 nitrogen and oxygen atoms in total. The lowest BCUT2D eigenvalue weighted by Crippen LogP contribution is -2.40. The van der Waals surface area contributed by atoms with Crippen LogP contribution in [-0.2, 0) is 10.5 Å². The average Bonchev–Trinajstić information content (AvgIpc) is 2.55. The number of hydrogen-bond acceptors (Lipinski definition) is 4. The van der Waals surface area contributed by atoms with Crippen LogP contribution in [0.2, 0.25) is 5.02 Å². The summed E-state index contributed by atoms with van der Waals surface area (Å²) < 4.78 is 0. The molecule has 124 valence electrons. The molecule has 0 saturated heterocycles. The molecule has 0 fully saturated rings. The summed E-state index contributed by atoms with van der Waals surface area (Å²) in [4.78, 5) is 23.2. The van der Waals surface area contributed by atoms with Crippen molar-refractivity contribution < 1.29 is 14.7 Å². The van der Waals surface area contributed by atoms with E-state index in [0.29, 0.717) is 16.5 Å². The summed E-state index contributed by atoms with van der Waals surface area (Å²) in [5, 5.41) is 15.6. The Labute approximate surface area is 148 Å². The molecule has 24 heavy (non-hydrogen) atoms. The summed E-state index contributed by atoms with van der Waals surface area (Å²) >= 11 is 7.59. The van der Waals surface area contributed by atoms with E-state index in [0.717, 1.165) is 17.0 Å². The van der Waals surface area contributed by atoms with E-state index in [2.05, 4.69) is 10.6 Å². The van der Waals surface area contributed by atoms with Gasteiger partial charge in [-0.3, -0.25) is 4.79 Å². The molecule has 0 aliphatic carbocycles. The van der Waals surface area contributed by atoms with Crippen LogP contribution in [0.3, 0.4) is 0 Å². The summed E-state index contributed by atoms with van der Waals surface area (Å²) in [6.45, 7) is 0. The molecule has 1 heterocycles. The van der Waals surface area contributed by atoms with Crippen LogP contribution in [0.1, 0.15) is 15.9 Å². The molecule has 0 aromatic heterocycles. The van der Waals surface area contributed by atoms with Crippen LogP contribution in [0.15, 0.2) is 42.5 Å². The molecule has 1 unspecified atom stereocenters. The minimum Gasteiger partial charge on any atom is -0.478 e. The van der Waals surface area contributed by atoms with Gasteiger partial charge in [-0.2, -0.15) is 11.8 Å². The fraction of sp³-hybridized carbons (Fsp3) is 0.176. The molecular formula is C17H15ClN2O3S. The standard InChI is InChI=1S/C17H15ClN2O3S/c18-12-3-1-2-10(6-12)8-24-9-15-16(21)20-14-7-11(17(22)23)4-5-13(14)19-15/h1-7,15,19H,8-9H2,(H,20,21)(H,22,23). The van der Waals surface area contributed by atoms with Crippen LogP contribution in [0.5, 0.6) is 0 Å². The van der Waals surface area contributed by atoms with Crippen molar-refractivity contribution in [3.8, 4) is 0 Å². The van der Waals surface area contributed by atoms with Gasteiger partial charge in [0.2, 0.25) is 5.91 Å². The molecule has 1 amide bonds. The highest BCUT2D eigenvalue weighted by molar-refractivity contribution is 7.98. The van der Waals surface area contributed by atoms with Crippen molar-refractivity contribution in [2.75, 3.05) is 16.4 Å². The highest BCUT2D eigenvalue weighted by Crippen LogP contribution is 2.29. The van der Waals surface area contributed by atoms with Crippen LogP contribution in [0, 0.1) is 0 Å². The zero-order chi connectivity index (χ0) is 17.1. The fourth-order valence-corrected chi connectivity index (χ4v) is 3.63. The average molecular weight is 363 g/mol. The van der Waals surface area contributed by atoms with Crippen LogP contribution in [0.25, 0.3) is 0 Å². The Bertz CT molecular complexity index is 797. The molecule has 0 spiro atoms. The van der Waals surface area contributed by atoms with Gasteiger partial charge in [0, 0.05) is 16.5 Å². The maximum Gasteiger partial charge on any atom is 0.335 e. The number of carboxylic acids is 1. The number of benzene rings is 2. The second kappa shape index (κ2) is 7.15. The number of fused-ring (bicyclic) bond motifs is 1. The van der Waals surface area contributed by atoms with Crippen molar-refractivity contribution in [1.29, 1.82) is 0 Å². The number of nitrogens with one attached hydrogen (secondary N) is 2. The van der Waals surface area contributed by atoms with Gasteiger partial charge in [-0.05, 0) is 35.9 Å². The first kappa shape index (κ1) is 16.7. The Kier molecular flexibility index (Phi) is 4.97. The highest BCUT2D eigenvalue weighted by atomic mass is 35.5. The minimum atomic E-state index is -1.02. The molecule has 0 saturated carbocycles. The first-order valence-electron chi connectivity index (χ1n) is 7.30. The lowest BCUT2D eigenvalue weighted by Gasteiger charge is -2.26. The third kappa shape index (κ3) is 3.83. The molecule has 7 heteroatoms. The Morgan fingerprint density at radius 2 is 2.04 bits per heavy atom. The first-order valence-corrected chi connectivity index (χ1v) is 8.83. The Morgan fingerprint density at radius 1 is 1.21 bits per heavy atom. The van der Waals surface area contributed by atoms with E-state index in [4.69, 9.17) is 16.7 Å². The summed E-state index contributed by atoms with van der Waals surface area (Å²) in [7, 11) is 0. The Morgan fingerprint density at radius 3 is 2.79 bits per heavy atom. The predicted molar refractivity (Wildman–Crippen MR) is 97.1 cm³/mol. The van der Waals surface area contributed by atoms with Gasteiger partial charge in [0.05, 0.1) is 16.9 Å². The van der Waals surface area contributed by atoms with Gasteiger partial charge in [-0.25, -0.2) is 4.79 Å². The third-order valence-electron chi connectivity index (χ3n) is 3.61. The van der Waals surface area contributed by atoms with Gasteiger partial charge < -0.3 is 15.7 Å². The van der Waals surface area contributed by atoms with Gasteiger partial charge >= 0.3 is 5.97 Å². The van der Waals surface area contributed by atoms with E-state index in [1.165, 1.54) is 12.1 Å². The third-order valence-corrected chi connectivity index (χ3v) is 4.95. The molecular weight excluding hydrogens is 348 g/mol. The maximum atomic E-state index is 12.2. The van der Waals surface area contributed by atoms with E-state index in [1.54, 1.807) is 17.8 Å². The normalized spacial score (nSPS) is 16.0. The van der Waals surface area contributed by atoms with E-state index in [-0.39, 0.29) is 17.5 Å². The number of anilines is 2. The second-order valence-corrected chi connectivity index (χ2v) is 6.86. The molecule has 1 aliphatic heterocycles. The number of carboxylic acid groups (broad SMARTS) is 1. The van der Waals surface area contributed by atoms with Crippen LogP contribution in [-0.4, -0.2) is 28.8 Å². The molecule has 3 N–H and O–H groups in total. The smallest absolute Gasteiger partial charge is 0.335 e. The number of amides is 1. The zero-order valence-electron chi connectivity index (χ0n) is 12.6. The number of halogens is 1. The van der Waals surface area contributed by atoms with E-state index < -0.39 is 5.97 Å². The maximum absolute atomic E-state index is 12.2. The van der Waals surface area contributed by atoms with Crippen molar-refractivity contribution in [2.45, 2.75) is 11.8 Å². The monoisotopic (exact) mass is 362 g/mol. The Balaban J connectivity index is 1.62. The molecule has 2 aromatic rings. The summed E-state index contributed by atoms with van der Waals surface area (Å²) in [5.41, 5.74) is 2.48. The van der Waals surface area contributed by atoms with Gasteiger partial charge in [0.15, 0.2) is 0 Å². The number of rotatable bonds is 5. The first-order chi connectivity index (χ1) is 11.5. The predicted octanol–water partition coefficient (Wildman–Crippen LogP) is 3.70. The summed E-state index contributed by atoms with van der Waals surface area (Å²) in [6.07, 6.45) is 0. The minimum absolute atomic E-state index is 0.143. The molecule has 1 aliphatic rings. The lowest BCUT2D eigenvalue weighted by atomic mass is 10.1. The van der Waals surface area contributed by atoms with Crippen molar-refractivity contribution in [3.63, 3.8) is 0 Å². The largest absolute Gasteiger partial charge is 0.478 e. The van der Waals surface area contributed by atoms with E-state index in [1.807, 2.05) is 24.3 Å². The fourth-order valence-electron chi connectivity index (χ4n) is 2.42. The van der Waals surface area contributed by atoms with Crippen LogP contribution in [0.4, 0.5) is 11.4 Å². The van der Waals surface area contributed by atoms with Crippen molar-refractivity contribution >= 4 is 46.6 Å². The van der Waals surface area contributed by atoms with E-state index >= 15 is 0 Å². The van der Waals surface area contributed by atoms with Gasteiger partial charge in [0.25, 0.3) is 0 Å². The van der Waals surface area contributed by atoms with Crippen molar-refractivity contribution in [2.24, 2.45) is 0 Å². The zero-order valence-corrected chi connectivity index (χ0v) is 14.2. The number of aromatic carboxylic acids is 1. The number of thioether (sulfide) groups is 1.